The summed E-state index contributed by atoms with van der Waals surface area (Å²) in [5.74, 6) is 0. The number of aromatic nitrogens is 1. The van der Waals surface area contributed by atoms with E-state index in [2.05, 4.69) is 9.72 Å². The normalized spacial score (nSPS) is 9.62. The van der Waals surface area contributed by atoms with Gasteiger partial charge in [-0.3, -0.25) is 4.98 Å². The molecule has 1 heterocycles. The van der Waals surface area contributed by atoms with Crippen molar-refractivity contribution in [2.45, 2.75) is 13.3 Å². The third-order valence-corrected chi connectivity index (χ3v) is 1.55. The second-order valence-corrected chi connectivity index (χ2v) is 2.69. The molecule has 4 heteroatoms. The van der Waals surface area contributed by atoms with Gasteiger partial charge >= 0.3 is 6.09 Å². The van der Waals surface area contributed by atoms with Crippen LogP contribution in [0.1, 0.15) is 11.4 Å². The predicted molar refractivity (Wildman–Crippen MR) is 48.2 cm³/mol. The number of hydrogen-bond donors (Lipinski definition) is 1. The Labute approximate surface area is 76.7 Å². The number of amides is 1. The van der Waals surface area contributed by atoms with Crippen molar-refractivity contribution in [3.63, 3.8) is 0 Å². The molecule has 1 aromatic heterocycles. The number of nitrogens with zero attached hydrogens (tertiary/aromatic N) is 1. The molecule has 0 fully saturated rings. The SMILES string of the molecule is Cc1cccc(CCOC(N)=O)n1. The topological polar surface area (TPSA) is 65.2 Å². The van der Waals surface area contributed by atoms with Crippen LogP contribution >= 0.6 is 0 Å². The Bertz CT molecular complexity index is 299. The summed E-state index contributed by atoms with van der Waals surface area (Å²) < 4.78 is 4.58. The molecule has 0 saturated carbocycles. The quantitative estimate of drug-likeness (QED) is 0.755. The minimum absolute atomic E-state index is 0.284. The third-order valence-electron chi connectivity index (χ3n) is 1.55. The van der Waals surface area contributed by atoms with E-state index >= 15 is 0 Å². The van der Waals surface area contributed by atoms with E-state index in [9.17, 15) is 4.79 Å². The van der Waals surface area contributed by atoms with Crippen molar-refractivity contribution in [3.8, 4) is 0 Å². The van der Waals surface area contributed by atoms with Gasteiger partial charge < -0.3 is 10.5 Å². The zero-order chi connectivity index (χ0) is 9.68. The van der Waals surface area contributed by atoms with Gasteiger partial charge in [-0.15, -0.1) is 0 Å². The highest BCUT2D eigenvalue weighted by Gasteiger charge is 1.97. The van der Waals surface area contributed by atoms with E-state index in [1.807, 2.05) is 25.1 Å². The zero-order valence-electron chi connectivity index (χ0n) is 7.49. The van der Waals surface area contributed by atoms with Gasteiger partial charge in [0.1, 0.15) is 0 Å². The Balaban J connectivity index is 2.41. The zero-order valence-corrected chi connectivity index (χ0v) is 7.49. The molecule has 0 bridgehead atoms. The lowest BCUT2D eigenvalue weighted by Gasteiger charge is -2.01. The maximum absolute atomic E-state index is 10.2. The van der Waals surface area contributed by atoms with Gasteiger partial charge in [0.05, 0.1) is 6.61 Å². The van der Waals surface area contributed by atoms with E-state index in [4.69, 9.17) is 5.73 Å². The van der Waals surface area contributed by atoms with E-state index in [0.717, 1.165) is 11.4 Å². The molecule has 0 saturated heterocycles. The summed E-state index contributed by atoms with van der Waals surface area (Å²) in [6.45, 7) is 2.20. The van der Waals surface area contributed by atoms with Gasteiger partial charge in [0, 0.05) is 17.8 Å². The van der Waals surface area contributed by atoms with E-state index in [1.54, 1.807) is 0 Å². The van der Waals surface area contributed by atoms with Crippen LogP contribution in [0.3, 0.4) is 0 Å². The van der Waals surface area contributed by atoms with Gasteiger partial charge in [0.15, 0.2) is 0 Å². The number of carbonyl (C=O) groups excluding carboxylic acids is 1. The minimum atomic E-state index is -0.743. The van der Waals surface area contributed by atoms with Gasteiger partial charge in [-0.25, -0.2) is 4.79 Å². The molecule has 13 heavy (non-hydrogen) atoms. The fourth-order valence-corrected chi connectivity index (χ4v) is 0.995. The third kappa shape index (κ3) is 3.55. The Morgan fingerprint density at radius 3 is 3.00 bits per heavy atom. The van der Waals surface area contributed by atoms with Gasteiger partial charge in [-0.05, 0) is 19.1 Å². The molecule has 2 N–H and O–H groups in total. The van der Waals surface area contributed by atoms with Crippen molar-refractivity contribution >= 4 is 6.09 Å². The van der Waals surface area contributed by atoms with Crippen LogP contribution in [0.15, 0.2) is 18.2 Å². The van der Waals surface area contributed by atoms with Crippen LogP contribution in [0.4, 0.5) is 4.79 Å². The number of primary amides is 1. The van der Waals surface area contributed by atoms with E-state index in [0.29, 0.717) is 6.42 Å². The summed E-state index contributed by atoms with van der Waals surface area (Å²) in [5, 5.41) is 0. The molecular formula is C9H12N2O2. The second kappa shape index (κ2) is 4.45. The molecule has 0 spiro atoms. The average Bonchev–Trinajstić information content (AvgIpc) is 2.03. The molecule has 70 valence electrons. The number of hydrogen-bond acceptors (Lipinski definition) is 3. The summed E-state index contributed by atoms with van der Waals surface area (Å²) in [7, 11) is 0. The highest BCUT2D eigenvalue weighted by Crippen LogP contribution is 1.98. The van der Waals surface area contributed by atoms with Gasteiger partial charge in [-0.2, -0.15) is 0 Å². The van der Waals surface area contributed by atoms with Gasteiger partial charge in [0.25, 0.3) is 0 Å². The molecule has 0 aliphatic carbocycles. The molecule has 0 atom stereocenters. The number of rotatable bonds is 3. The highest BCUT2D eigenvalue weighted by molar-refractivity contribution is 5.64. The van der Waals surface area contributed by atoms with E-state index in [1.165, 1.54) is 0 Å². The molecule has 0 aliphatic heterocycles. The number of nitrogens with two attached hydrogens (primary N) is 1. The summed E-state index contributed by atoms with van der Waals surface area (Å²) in [6.07, 6.45) is -0.141. The van der Waals surface area contributed by atoms with Crippen LogP contribution in [0.2, 0.25) is 0 Å². The lowest BCUT2D eigenvalue weighted by atomic mass is 10.2. The van der Waals surface area contributed by atoms with Gasteiger partial charge in [0.2, 0.25) is 0 Å². The Kier molecular flexibility index (Phi) is 3.25. The number of aryl methyl sites for hydroxylation is 1. The van der Waals surface area contributed by atoms with E-state index in [-0.39, 0.29) is 6.61 Å². The van der Waals surface area contributed by atoms with Crippen LogP contribution in [0.25, 0.3) is 0 Å². The monoisotopic (exact) mass is 180 g/mol. The van der Waals surface area contributed by atoms with Crippen LogP contribution < -0.4 is 5.73 Å². The largest absolute Gasteiger partial charge is 0.449 e. The summed E-state index contributed by atoms with van der Waals surface area (Å²) in [5.41, 5.74) is 6.66. The van der Waals surface area contributed by atoms with Crippen LogP contribution in [-0.2, 0) is 11.2 Å². The Morgan fingerprint density at radius 2 is 2.38 bits per heavy atom. The van der Waals surface area contributed by atoms with E-state index < -0.39 is 6.09 Å². The maximum Gasteiger partial charge on any atom is 0.404 e. The average molecular weight is 180 g/mol. The fraction of sp³-hybridized carbons (Fsp3) is 0.333. The Morgan fingerprint density at radius 1 is 1.62 bits per heavy atom. The lowest BCUT2D eigenvalue weighted by molar-refractivity contribution is 0.158. The molecule has 0 aliphatic rings. The van der Waals surface area contributed by atoms with Crippen molar-refractivity contribution in [3.05, 3.63) is 29.6 Å². The second-order valence-electron chi connectivity index (χ2n) is 2.69. The maximum atomic E-state index is 10.2. The first-order chi connectivity index (χ1) is 6.18. The van der Waals surface area contributed by atoms with Crippen molar-refractivity contribution < 1.29 is 9.53 Å². The van der Waals surface area contributed by atoms with Crippen molar-refractivity contribution in [2.24, 2.45) is 5.73 Å². The number of carbonyl (C=O) groups is 1. The highest BCUT2D eigenvalue weighted by atomic mass is 16.5. The van der Waals surface area contributed by atoms with Crippen LogP contribution in [-0.4, -0.2) is 17.7 Å². The summed E-state index contributed by atoms with van der Waals surface area (Å²) >= 11 is 0. The smallest absolute Gasteiger partial charge is 0.404 e. The summed E-state index contributed by atoms with van der Waals surface area (Å²) in [4.78, 5) is 14.5. The van der Waals surface area contributed by atoms with Gasteiger partial charge in [-0.1, -0.05) is 6.07 Å². The molecule has 1 amide bonds. The first kappa shape index (κ1) is 9.51. The molecule has 1 aromatic rings. The van der Waals surface area contributed by atoms with Crippen LogP contribution in [0.5, 0.6) is 0 Å². The molecule has 1 rings (SSSR count). The van der Waals surface area contributed by atoms with Crippen molar-refractivity contribution in [1.82, 2.24) is 4.98 Å². The van der Waals surface area contributed by atoms with Crippen molar-refractivity contribution in [2.75, 3.05) is 6.61 Å². The standard InChI is InChI=1S/C9H12N2O2/c1-7-3-2-4-8(11-7)5-6-13-9(10)12/h2-4H,5-6H2,1H3,(H2,10,12). The molecule has 4 nitrogen and oxygen atoms in total. The summed E-state index contributed by atoms with van der Waals surface area (Å²) in [6, 6.07) is 5.72. The molecule has 0 radical (unpaired) electrons. The first-order valence-corrected chi connectivity index (χ1v) is 4.03. The van der Waals surface area contributed by atoms with Crippen LogP contribution in [0, 0.1) is 6.92 Å². The number of pyridine rings is 1. The predicted octanol–water partition coefficient (Wildman–Crippen LogP) is 1.03. The first-order valence-electron chi connectivity index (χ1n) is 4.03. The molecule has 0 unspecified atom stereocenters. The Hall–Kier alpha value is -1.58. The van der Waals surface area contributed by atoms with Crippen molar-refractivity contribution in [1.29, 1.82) is 0 Å². The fourth-order valence-electron chi connectivity index (χ4n) is 0.995. The molecular weight excluding hydrogens is 168 g/mol. The lowest BCUT2D eigenvalue weighted by Crippen LogP contribution is -2.15. The molecule has 0 aromatic carbocycles. The number of ether oxygens (including phenoxy) is 1. The minimum Gasteiger partial charge on any atom is -0.449 e.